The predicted molar refractivity (Wildman–Crippen MR) is 50.7 cm³/mol. The minimum Gasteiger partial charge on any atom is -0.612 e. The first-order valence-corrected chi connectivity index (χ1v) is 4.01. The number of ether oxygens (including phenoxy) is 2. The fourth-order valence-corrected chi connectivity index (χ4v) is 0.541. The third-order valence-corrected chi connectivity index (χ3v) is 0.962. The van der Waals surface area contributed by atoms with E-state index in [0.29, 0.717) is 6.61 Å². The molecule has 0 aliphatic heterocycles. The molecule has 2 N–H and O–H groups in total. The van der Waals surface area contributed by atoms with Crippen molar-refractivity contribution >= 4 is 18.1 Å². The Morgan fingerprint density at radius 3 is 2.27 bits per heavy atom. The standard InChI is InChI=1S/C7H13N4O3.Cu/c1-3-13-6(9)10-5(8)11-7(12)14-4-2;/h3-4H2,1-2H3,(H3-,8,9,10,11,12);/q-1;+2/p-1. The van der Waals surface area contributed by atoms with Crippen LogP contribution in [0.25, 0.3) is 5.41 Å². The van der Waals surface area contributed by atoms with Gasteiger partial charge >= 0.3 is 17.1 Å². The molecule has 0 fully saturated rings. The van der Waals surface area contributed by atoms with Gasteiger partial charge in [0.15, 0.2) is 0 Å². The normalized spacial score (nSPS) is 11.6. The molecule has 89 valence electrons. The van der Waals surface area contributed by atoms with Crippen LogP contribution < -0.4 is 10.8 Å². The molecule has 0 rings (SSSR count). The predicted octanol–water partition coefficient (Wildman–Crippen LogP) is -0.987. The summed E-state index contributed by atoms with van der Waals surface area (Å²) in [4.78, 5) is 6.32. The second-order valence-electron chi connectivity index (χ2n) is 1.99. The van der Waals surface area contributed by atoms with Gasteiger partial charge in [0.05, 0.1) is 12.7 Å². The molecule has 0 spiro atoms. The van der Waals surface area contributed by atoms with Crippen LogP contribution in [0.2, 0.25) is 0 Å². The van der Waals surface area contributed by atoms with Crippen molar-refractivity contribution in [1.82, 2.24) is 0 Å². The second kappa shape index (κ2) is 9.29. The topological polar surface area (TPSA) is 115 Å². The summed E-state index contributed by atoms with van der Waals surface area (Å²) in [7, 11) is 0. The van der Waals surface area contributed by atoms with Crippen LogP contribution in [0.1, 0.15) is 13.8 Å². The zero-order valence-electron chi connectivity index (χ0n) is 8.36. The summed E-state index contributed by atoms with van der Waals surface area (Å²) in [5.41, 5.74) is 5.17. The van der Waals surface area contributed by atoms with Gasteiger partial charge in [-0.1, -0.05) is 6.92 Å². The Bertz CT molecular complexity index is 231. The number of hydrogen-bond acceptors (Lipinski definition) is 3. The zero-order chi connectivity index (χ0) is 11.0. The van der Waals surface area contributed by atoms with Gasteiger partial charge < -0.3 is 35.7 Å². The van der Waals surface area contributed by atoms with Gasteiger partial charge in [-0.15, -0.1) is 0 Å². The maximum absolute atomic E-state index is 10.7. The summed E-state index contributed by atoms with van der Waals surface area (Å²) in [6.45, 7) is 3.78. The second-order valence-corrected chi connectivity index (χ2v) is 1.99. The summed E-state index contributed by atoms with van der Waals surface area (Å²) < 4.78 is 9.11. The number of nitrogens with zero attached hydrogens (tertiary/aromatic N) is 3. The van der Waals surface area contributed by atoms with Crippen molar-refractivity contribution in [2.24, 2.45) is 15.7 Å². The molecular weight excluding hydrogens is 252 g/mol. The molecule has 0 aromatic heterocycles. The molecule has 0 bridgehead atoms. The Hall–Kier alpha value is -1.27. The minimum atomic E-state index is -0.932. The molecule has 0 aromatic carbocycles. The summed E-state index contributed by atoms with van der Waals surface area (Å²) in [5, 5.41) is 19.6. The molecule has 0 aliphatic rings. The number of nitrogens with two attached hydrogens (primary N) is 1. The molecule has 0 amide bonds. The van der Waals surface area contributed by atoms with Crippen LogP contribution in [0, 0.1) is 0 Å². The van der Waals surface area contributed by atoms with E-state index in [0.717, 1.165) is 0 Å². The van der Waals surface area contributed by atoms with Crippen molar-refractivity contribution in [2.75, 3.05) is 13.2 Å². The SMILES string of the molecule is CCO/C(N)=N/C(=[N-])/N=C(\[O-])OCC.[Cu+2]. The van der Waals surface area contributed by atoms with E-state index in [1.165, 1.54) is 0 Å². The molecule has 8 heteroatoms. The maximum atomic E-state index is 10.7. The monoisotopic (exact) mass is 263 g/mol. The van der Waals surface area contributed by atoms with E-state index in [1.54, 1.807) is 13.8 Å². The van der Waals surface area contributed by atoms with Crippen LogP contribution in [0.5, 0.6) is 0 Å². The summed E-state index contributed by atoms with van der Waals surface area (Å²) in [5.74, 6) is -0.797. The Labute approximate surface area is 98.4 Å². The van der Waals surface area contributed by atoms with E-state index in [2.05, 4.69) is 19.5 Å². The number of guanidine groups is 1. The Balaban J connectivity index is 0. The van der Waals surface area contributed by atoms with Gasteiger partial charge in [0.1, 0.15) is 0 Å². The molecule has 1 radical (unpaired) electrons. The van der Waals surface area contributed by atoms with Crippen molar-refractivity contribution in [3.05, 3.63) is 5.41 Å². The number of hydrogen-bond donors (Lipinski definition) is 1. The van der Waals surface area contributed by atoms with Gasteiger partial charge in [0, 0.05) is 5.96 Å². The summed E-state index contributed by atoms with van der Waals surface area (Å²) in [6, 6.07) is -0.266. The molecule has 0 saturated heterocycles. The van der Waals surface area contributed by atoms with E-state index in [1.807, 2.05) is 0 Å². The van der Waals surface area contributed by atoms with Gasteiger partial charge in [-0.05, 0) is 13.5 Å². The van der Waals surface area contributed by atoms with Gasteiger partial charge in [-0.25, -0.2) is 0 Å². The van der Waals surface area contributed by atoms with Crippen LogP contribution >= 0.6 is 0 Å². The Kier molecular flexibility index (Phi) is 10.0. The fraction of sp³-hybridized carbons (Fsp3) is 0.571. The van der Waals surface area contributed by atoms with E-state index in [-0.39, 0.29) is 29.7 Å². The largest absolute Gasteiger partial charge is 2.00 e. The van der Waals surface area contributed by atoms with Crippen molar-refractivity contribution < 1.29 is 31.6 Å². The van der Waals surface area contributed by atoms with Crippen LogP contribution in [0.3, 0.4) is 0 Å². The molecule has 7 nitrogen and oxygen atoms in total. The van der Waals surface area contributed by atoms with E-state index < -0.39 is 12.0 Å². The number of aliphatic imine (C=N–C) groups is 2. The van der Waals surface area contributed by atoms with E-state index in [4.69, 9.17) is 11.1 Å². The summed E-state index contributed by atoms with van der Waals surface area (Å²) >= 11 is 0. The van der Waals surface area contributed by atoms with Gasteiger partial charge in [-0.2, -0.15) is 0 Å². The fourth-order valence-electron chi connectivity index (χ4n) is 0.541. The van der Waals surface area contributed by atoms with Crippen LogP contribution in [-0.4, -0.2) is 31.3 Å². The first-order valence-electron chi connectivity index (χ1n) is 4.01. The Morgan fingerprint density at radius 2 is 1.80 bits per heavy atom. The Morgan fingerprint density at radius 1 is 1.27 bits per heavy atom. The zero-order valence-corrected chi connectivity index (χ0v) is 9.30. The average Bonchev–Trinajstić information content (AvgIpc) is 2.03. The van der Waals surface area contributed by atoms with Gasteiger partial charge in [0.2, 0.25) is 6.02 Å². The first-order chi connectivity index (χ1) is 6.60. The number of rotatable bonds is 2. The van der Waals surface area contributed by atoms with Gasteiger partial charge in [-0.3, -0.25) is 0 Å². The third-order valence-electron chi connectivity index (χ3n) is 0.962. The van der Waals surface area contributed by atoms with Crippen molar-refractivity contribution in [3.63, 3.8) is 0 Å². The molecule has 0 atom stereocenters. The van der Waals surface area contributed by atoms with E-state index >= 15 is 0 Å². The molecule has 0 saturated carbocycles. The third kappa shape index (κ3) is 9.04. The molecule has 0 unspecified atom stereocenters. The minimum absolute atomic E-state index is 0. The molecule has 0 aromatic rings. The molecule has 0 aliphatic carbocycles. The molecule has 15 heavy (non-hydrogen) atoms. The quantitative estimate of drug-likeness (QED) is 0.391. The van der Waals surface area contributed by atoms with Crippen LogP contribution in [-0.2, 0) is 26.5 Å². The van der Waals surface area contributed by atoms with E-state index in [9.17, 15) is 5.11 Å². The summed E-state index contributed by atoms with van der Waals surface area (Å²) in [6.07, 6.45) is -0.932. The van der Waals surface area contributed by atoms with Gasteiger partial charge in [0.25, 0.3) is 0 Å². The van der Waals surface area contributed by atoms with Crippen LogP contribution in [0.15, 0.2) is 9.98 Å². The van der Waals surface area contributed by atoms with Crippen LogP contribution in [0.4, 0.5) is 0 Å². The smallest absolute Gasteiger partial charge is 0.612 e. The van der Waals surface area contributed by atoms with Crippen molar-refractivity contribution in [2.45, 2.75) is 13.8 Å². The van der Waals surface area contributed by atoms with Crippen molar-refractivity contribution in [3.8, 4) is 0 Å². The van der Waals surface area contributed by atoms with Crippen molar-refractivity contribution in [1.29, 1.82) is 0 Å². The maximum Gasteiger partial charge on any atom is 2.00 e. The molecular formula is C7H12CuN4O3. The first kappa shape index (κ1) is 16.2. The molecule has 0 heterocycles. The average molecular weight is 264 g/mol. The number of amidine groups is 1.